The fourth-order valence-electron chi connectivity index (χ4n) is 2.67. The number of amides is 2. The highest BCUT2D eigenvalue weighted by Crippen LogP contribution is 2.34. The Morgan fingerprint density at radius 2 is 1.68 bits per heavy atom. The fourth-order valence-corrected chi connectivity index (χ4v) is 2.67. The molecule has 2 fully saturated rings. The van der Waals surface area contributed by atoms with Crippen molar-refractivity contribution in [1.82, 2.24) is 14.7 Å². The zero-order valence-electron chi connectivity index (χ0n) is 12.3. The van der Waals surface area contributed by atoms with Crippen LogP contribution in [0.1, 0.15) is 26.7 Å². The molecule has 0 aromatic carbocycles. The number of carbonyl (C=O) groups excluding carboxylic acids is 2. The number of nitrogens with zero attached hydrogens (tertiary/aromatic N) is 3. The van der Waals surface area contributed by atoms with E-state index in [9.17, 15) is 9.59 Å². The Hall–Kier alpha value is -1.10. The van der Waals surface area contributed by atoms with Crippen LogP contribution in [0.5, 0.6) is 0 Å². The zero-order valence-corrected chi connectivity index (χ0v) is 12.3. The highest BCUT2D eigenvalue weighted by Gasteiger charge is 2.32. The van der Waals surface area contributed by atoms with E-state index in [4.69, 9.17) is 0 Å². The number of hydrogen-bond donors (Lipinski definition) is 0. The number of carbonyl (C=O) groups is 2. The third-order valence-corrected chi connectivity index (χ3v) is 4.46. The minimum atomic E-state index is 0.103. The summed E-state index contributed by atoms with van der Waals surface area (Å²) < 4.78 is 0. The smallest absolute Gasteiger partial charge is 0.236 e. The molecule has 2 aliphatic rings. The lowest BCUT2D eigenvalue weighted by molar-refractivity contribution is -0.139. The molecule has 0 bridgehead atoms. The van der Waals surface area contributed by atoms with E-state index in [2.05, 4.69) is 11.8 Å². The van der Waals surface area contributed by atoms with Crippen LogP contribution < -0.4 is 0 Å². The Kier molecular flexibility index (Phi) is 4.45. The maximum atomic E-state index is 12.2. The number of rotatable bonds is 4. The van der Waals surface area contributed by atoms with Crippen molar-refractivity contribution >= 4 is 11.8 Å². The van der Waals surface area contributed by atoms with Crippen LogP contribution in [-0.4, -0.2) is 72.3 Å². The van der Waals surface area contributed by atoms with Crippen molar-refractivity contribution in [2.75, 3.05) is 39.8 Å². The molecular weight excluding hydrogens is 242 g/mol. The van der Waals surface area contributed by atoms with Gasteiger partial charge < -0.3 is 9.80 Å². The van der Waals surface area contributed by atoms with Gasteiger partial charge in [-0.05, 0) is 32.7 Å². The lowest BCUT2D eigenvalue weighted by Gasteiger charge is -2.35. The van der Waals surface area contributed by atoms with E-state index in [1.807, 2.05) is 11.9 Å². The number of likely N-dealkylation sites (N-methyl/N-ethyl adjacent to an activating group) is 1. The monoisotopic (exact) mass is 267 g/mol. The van der Waals surface area contributed by atoms with Crippen molar-refractivity contribution in [3.63, 3.8) is 0 Å². The summed E-state index contributed by atoms with van der Waals surface area (Å²) in [5.74, 6) is 1.08. The Labute approximate surface area is 115 Å². The van der Waals surface area contributed by atoms with Crippen LogP contribution in [0.4, 0.5) is 0 Å². The summed E-state index contributed by atoms with van der Waals surface area (Å²) in [6, 6.07) is 0.502. The molecule has 19 heavy (non-hydrogen) atoms. The van der Waals surface area contributed by atoms with Gasteiger partial charge in [-0.2, -0.15) is 0 Å². The third-order valence-electron chi connectivity index (χ3n) is 4.46. The van der Waals surface area contributed by atoms with E-state index >= 15 is 0 Å². The van der Waals surface area contributed by atoms with Gasteiger partial charge in [-0.15, -0.1) is 0 Å². The molecule has 0 spiro atoms. The van der Waals surface area contributed by atoms with Gasteiger partial charge in [0.05, 0.1) is 6.54 Å². The van der Waals surface area contributed by atoms with E-state index < -0.39 is 0 Å². The molecule has 1 saturated carbocycles. The second kappa shape index (κ2) is 5.90. The molecule has 2 rings (SSSR count). The standard InChI is InChI=1S/C14H25N3O2/c1-11(13-4-5-13)15(3)10-14(19)17-8-6-16(7-9-17)12(2)18/h11,13H,4-10H2,1-3H3. The van der Waals surface area contributed by atoms with Crippen LogP contribution in [0.25, 0.3) is 0 Å². The average molecular weight is 267 g/mol. The SMILES string of the molecule is CC(=O)N1CCN(C(=O)CN(C)C(C)C2CC2)CC1. The molecule has 5 nitrogen and oxygen atoms in total. The first-order valence-corrected chi connectivity index (χ1v) is 7.22. The largest absolute Gasteiger partial charge is 0.339 e. The Balaban J connectivity index is 1.76. The predicted octanol–water partition coefficient (Wildman–Crippen LogP) is 0.407. The fraction of sp³-hybridized carbons (Fsp3) is 0.857. The van der Waals surface area contributed by atoms with Gasteiger partial charge in [-0.1, -0.05) is 0 Å². The summed E-state index contributed by atoms with van der Waals surface area (Å²) in [5.41, 5.74) is 0. The average Bonchev–Trinajstić information content (AvgIpc) is 3.22. The van der Waals surface area contributed by atoms with Gasteiger partial charge in [0, 0.05) is 39.1 Å². The zero-order chi connectivity index (χ0) is 14.0. The summed E-state index contributed by atoms with van der Waals surface area (Å²) in [5, 5.41) is 0. The van der Waals surface area contributed by atoms with Crippen molar-refractivity contribution in [2.45, 2.75) is 32.7 Å². The molecule has 1 aliphatic carbocycles. The maximum absolute atomic E-state index is 12.2. The maximum Gasteiger partial charge on any atom is 0.236 e. The van der Waals surface area contributed by atoms with E-state index in [1.165, 1.54) is 12.8 Å². The first-order valence-electron chi connectivity index (χ1n) is 7.22. The van der Waals surface area contributed by atoms with Crippen LogP contribution in [0.2, 0.25) is 0 Å². The Bertz CT molecular complexity index is 347. The van der Waals surface area contributed by atoms with E-state index in [0.29, 0.717) is 38.8 Å². The summed E-state index contributed by atoms with van der Waals surface area (Å²) in [6.45, 7) is 6.97. The van der Waals surface area contributed by atoms with Crippen molar-refractivity contribution in [1.29, 1.82) is 0 Å². The molecule has 0 N–H and O–H groups in total. The molecule has 1 heterocycles. The molecule has 0 aromatic rings. The minimum Gasteiger partial charge on any atom is -0.339 e. The van der Waals surface area contributed by atoms with Gasteiger partial charge >= 0.3 is 0 Å². The van der Waals surface area contributed by atoms with Crippen LogP contribution in [0.15, 0.2) is 0 Å². The summed E-state index contributed by atoms with van der Waals surface area (Å²) in [4.78, 5) is 29.3. The van der Waals surface area contributed by atoms with Crippen molar-refractivity contribution in [3.8, 4) is 0 Å². The van der Waals surface area contributed by atoms with Gasteiger partial charge in [0.15, 0.2) is 0 Å². The quantitative estimate of drug-likeness (QED) is 0.741. The topological polar surface area (TPSA) is 43.9 Å². The molecule has 108 valence electrons. The predicted molar refractivity (Wildman–Crippen MR) is 73.7 cm³/mol. The first-order chi connectivity index (χ1) is 8.99. The van der Waals surface area contributed by atoms with Crippen molar-refractivity contribution in [3.05, 3.63) is 0 Å². The molecular formula is C14H25N3O2. The second-order valence-corrected chi connectivity index (χ2v) is 5.88. The highest BCUT2D eigenvalue weighted by atomic mass is 16.2. The Morgan fingerprint density at radius 3 is 2.16 bits per heavy atom. The molecule has 1 unspecified atom stereocenters. The molecule has 2 amide bonds. The molecule has 0 aromatic heterocycles. The van der Waals surface area contributed by atoms with Gasteiger partial charge in [-0.3, -0.25) is 14.5 Å². The van der Waals surface area contributed by atoms with Crippen LogP contribution in [0.3, 0.4) is 0 Å². The van der Waals surface area contributed by atoms with Crippen molar-refractivity contribution < 1.29 is 9.59 Å². The molecule has 1 aliphatic heterocycles. The van der Waals surface area contributed by atoms with Gasteiger partial charge in [-0.25, -0.2) is 0 Å². The third kappa shape index (κ3) is 3.69. The summed E-state index contributed by atoms with van der Waals surface area (Å²) >= 11 is 0. The van der Waals surface area contributed by atoms with E-state index in [1.54, 1.807) is 11.8 Å². The van der Waals surface area contributed by atoms with Crippen LogP contribution >= 0.6 is 0 Å². The highest BCUT2D eigenvalue weighted by molar-refractivity contribution is 5.79. The van der Waals surface area contributed by atoms with E-state index in [0.717, 1.165) is 5.92 Å². The molecule has 1 atom stereocenters. The lowest BCUT2D eigenvalue weighted by atomic mass is 10.2. The summed E-state index contributed by atoms with van der Waals surface area (Å²) in [6.07, 6.45) is 2.61. The second-order valence-electron chi connectivity index (χ2n) is 5.88. The van der Waals surface area contributed by atoms with Gasteiger partial charge in [0.1, 0.15) is 0 Å². The van der Waals surface area contributed by atoms with Crippen LogP contribution in [0, 0.1) is 5.92 Å². The summed E-state index contributed by atoms with van der Waals surface area (Å²) in [7, 11) is 2.03. The normalized spacial score (nSPS) is 21.7. The molecule has 0 radical (unpaired) electrons. The first kappa shape index (κ1) is 14.3. The Morgan fingerprint density at radius 1 is 1.16 bits per heavy atom. The molecule has 5 heteroatoms. The van der Waals surface area contributed by atoms with Gasteiger partial charge in [0.2, 0.25) is 11.8 Å². The van der Waals surface area contributed by atoms with Crippen LogP contribution in [-0.2, 0) is 9.59 Å². The number of hydrogen-bond acceptors (Lipinski definition) is 3. The molecule has 1 saturated heterocycles. The van der Waals surface area contributed by atoms with E-state index in [-0.39, 0.29) is 11.8 Å². The van der Waals surface area contributed by atoms with Crippen molar-refractivity contribution in [2.24, 2.45) is 5.92 Å². The lowest BCUT2D eigenvalue weighted by Crippen LogP contribution is -2.52. The minimum absolute atomic E-state index is 0.103. The number of piperazine rings is 1. The van der Waals surface area contributed by atoms with Gasteiger partial charge in [0.25, 0.3) is 0 Å².